The summed E-state index contributed by atoms with van der Waals surface area (Å²) in [4.78, 5) is 2.57. The molecule has 2 rings (SSSR count). The first kappa shape index (κ1) is 16.4. The van der Waals surface area contributed by atoms with E-state index in [9.17, 15) is 0 Å². The van der Waals surface area contributed by atoms with Crippen LogP contribution < -0.4 is 10.2 Å². The van der Waals surface area contributed by atoms with Crippen LogP contribution >= 0.6 is 0 Å². The number of benzene rings is 1. The topological polar surface area (TPSA) is 15.3 Å². The number of nitrogens with one attached hydrogen (secondary N) is 1. The highest BCUT2D eigenvalue weighted by Crippen LogP contribution is 2.27. The van der Waals surface area contributed by atoms with Gasteiger partial charge in [-0.15, -0.1) is 0 Å². The third kappa shape index (κ3) is 4.47. The van der Waals surface area contributed by atoms with Crippen molar-refractivity contribution < 1.29 is 0 Å². The van der Waals surface area contributed by atoms with Crippen LogP contribution in [0, 0.1) is 11.8 Å². The molecule has 2 unspecified atom stereocenters. The summed E-state index contributed by atoms with van der Waals surface area (Å²) in [6.45, 7) is 12.6. The standard InChI is InChI=1S/C19H32N2/c1-5-20-16(4)18-8-10-19(11-9-18)21-13-6-7-17(12-14-21)15(2)3/h8-11,15-17,20H,5-7,12-14H2,1-4H3. The van der Waals surface area contributed by atoms with Gasteiger partial charge in [0.05, 0.1) is 0 Å². The second-order valence-corrected chi connectivity index (χ2v) is 6.79. The van der Waals surface area contributed by atoms with E-state index in [-0.39, 0.29) is 0 Å². The van der Waals surface area contributed by atoms with Gasteiger partial charge in [-0.2, -0.15) is 0 Å². The van der Waals surface area contributed by atoms with E-state index in [0.29, 0.717) is 6.04 Å². The number of rotatable bonds is 5. The van der Waals surface area contributed by atoms with E-state index >= 15 is 0 Å². The van der Waals surface area contributed by atoms with Gasteiger partial charge in [-0.05, 0) is 62.3 Å². The number of hydrogen-bond donors (Lipinski definition) is 1. The maximum atomic E-state index is 3.48. The fourth-order valence-electron chi connectivity index (χ4n) is 3.44. The first-order chi connectivity index (χ1) is 10.1. The lowest BCUT2D eigenvalue weighted by molar-refractivity contribution is 0.351. The Hall–Kier alpha value is -1.02. The Morgan fingerprint density at radius 2 is 1.81 bits per heavy atom. The molecular formula is C19H32N2. The third-order valence-corrected chi connectivity index (χ3v) is 4.98. The molecule has 2 heteroatoms. The molecule has 1 aliphatic heterocycles. The van der Waals surface area contributed by atoms with Crippen molar-refractivity contribution in [3.05, 3.63) is 29.8 Å². The second-order valence-electron chi connectivity index (χ2n) is 6.79. The molecule has 2 nitrogen and oxygen atoms in total. The zero-order valence-electron chi connectivity index (χ0n) is 14.2. The van der Waals surface area contributed by atoms with Gasteiger partial charge in [0.15, 0.2) is 0 Å². The smallest absolute Gasteiger partial charge is 0.0366 e. The van der Waals surface area contributed by atoms with E-state index < -0.39 is 0 Å². The van der Waals surface area contributed by atoms with Crippen molar-refractivity contribution in [1.29, 1.82) is 0 Å². The first-order valence-electron chi connectivity index (χ1n) is 8.70. The molecule has 0 amide bonds. The van der Waals surface area contributed by atoms with Crippen molar-refractivity contribution in [1.82, 2.24) is 5.32 Å². The molecule has 0 radical (unpaired) electrons. The Morgan fingerprint density at radius 1 is 1.10 bits per heavy atom. The number of hydrogen-bond acceptors (Lipinski definition) is 2. The molecule has 1 aliphatic rings. The molecule has 1 N–H and O–H groups in total. The quantitative estimate of drug-likeness (QED) is 0.850. The fourth-order valence-corrected chi connectivity index (χ4v) is 3.44. The molecule has 1 fully saturated rings. The Kier molecular flexibility index (Phi) is 6.10. The van der Waals surface area contributed by atoms with E-state index in [1.807, 2.05) is 0 Å². The molecule has 0 aliphatic carbocycles. The average Bonchev–Trinajstić information content (AvgIpc) is 2.73. The highest BCUT2D eigenvalue weighted by molar-refractivity contribution is 5.48. The van der Waals surface area contributed by atoms with E-state index in [1.54, 1.807) is 0 Å². The summed E-state index contributed by atoms with van der Waals surface area (Å²) in [5, 5.41) is 3.48. The molecule has 118 valence electrons. The molecular weight excluding hydrogens is 256 g/mol. The number of anilines is 1. The van der Waals surface area contributed by atoms with E-state index in [4.69, 9.17) is 0 Å². The van der Waals surface area contributed by atoms with Gasteiger partial charge in [-0.3, -0.25) is 0 Å². The van der Waals surface area contributed by atoms with E-state index in [2.05, 4.69) is 62.2 Å². The highest BCUT2D eigenvalue weighted by Gasteiger charge is 2.19. The van der Waals surface area contributed by atoms with Crippen molar-refractivity contribution in [2.24, 2.45) is 11.8 Å². The van der Waals surface area contributed by atoms with Gasteiger partial charge in [0.1, 0.15) is 0 Å². The summed E-state index contributed by atoms with van der Waals surface area (Å²) >= 11 is 0. The zero-order valence-corrected chi connectivity index (χ0v) is 14.2. The normalized spacial score (nSPS) is 21.4. The third-order valence-electron chi connectivity index (χ3n) is 4.98. The molecule has 0 aromatic heterocycles. The van der Waals surface area contributed by atoms with Crippen molar-refractivity contribution in [3.8, 4) is 0 Å². The van der Waals surface area contributed by atoms with Crippen LogP contribution in [0.3, 0.4) is 0 Å². The molecule has 1 aromatic carbocycles. The van der Waals surface area contributed by atoms with Crippen LogP contribution in [0.25, 0.3) is 0 Å². The zero-order chi connectivity index (χ0) is 15.2. The maximum absolute atomic E-state index is 3.48. The molecule has 0 bridgehead atoms. The van der Waals surface area contributed by atoms with Gasteiger partial charge in [0.25, 0.3) is 0 Å². The molecule has 1 heterocycles. The minimum absolute atomic E-state index is 0.443. The van der Waals surface area contributed by atoms with Crippen LogP contribution in [-0.4, -0.2) is 19.6 Å². The SMILES string of the molecule is CCNC(C)c1ccc(N2CCCC(C(C)C)CC2)cc1. The monoisotopic (exact) mass is 288 g/mol. The second kappa shape index (κ2) is 7.84. The maximum Gasteiger partial charge on any atom is 0.0366 e. The minimum atomic E-state index is 0.443. The van der Waals surface area contributed by atoms with Crippen LogP contribution in [0.5, 0.6) is 0 Å². The lowest BCUT2D eigenvalue weighted by atomic mass is 9.89. The lowest BCUT2D eigenvalue weighted by Crippen LogP contribution is -2.24. The molecule has 2 atom stereocenters. The van der Waals surface area contributed by atoms with Crippen molar-refractivity contribution >= 4 is 5.69 Å². The van der Waals surface area contributed by atoms with Gasteiger partial charge in [0.2, 0.25) is 0 Å². The van der Waals surface area contributed by atoms with Crippen LogP contribution in [0.15, 0.2) is 24.3 Å². The Balaban J connectivity index is 1.98. The van der Waals surface area contributed by atoms with Crippen molar-refractivity contribution in [2.45, 2.75) is 53.0 Å². The molecule has 0 saturated carbocycles. The summed E-state index contributed by atoms with van der Waals surface area (Å²) in [5.41, 5.74) is 2.78. The Morgan fingerprint density at radius 3 is 2.43 bits per heavy atom. The Bertz CT molecular complexity index is 410. The molecule has 1 saturated heterocycles. The average molecular weight is 288 g/mol. The number of nitrogens with zero attached hydrogens (tertiary/aromatic N) is 1. The summed E-state index contributed by atoms with van der Waals surface area (Å²) in [7, 11) is 0. The van der Waals surface area contributed by atoms with Gasteiger partial charge >= 0.3 is 0 Å². The fraction of sp³-hybridized carbons (Fsp3) is 0.684. The summed E-state index contributed by atoms with van der Waals surface area (Å²) in [6.07, 6.45) is 4.06. The van der Waals surface area contributed by atoms with E-state index in [1.165, 1.54) is 43.6 Å². The van der Waals surface area contributed by atoms with Gasteiger partial charge in [0, 0.05) is 24.8 Å². The lowest BCUT2D eigenvalue weighted by Gasteiger charge is -2.24. The van der Waals surface area contributed by atoms with Gasteiger partial charge in [-0.25, -0.2) is 0 Å². The van der Waals surface area contributed by atoms with Crippen molar-refractivity contribution in [3.63, 3.8) is 0 Å². The minimum Gasteiger partial charge on any atom is -0.372 e. The summed E-state index contributed by atoms with van der Waals surface area (Å²) in [6, 6.07) is 9.62. The largest absolute Gasteiger partial charge is 0.372 e. The Labute approximate surface area is 130 Å². The van der Waals surface area contributed by atoms with Crippen LogP contribution in [0.1, 0.15) is 58.6 Å². The van der Waals surface area contributed by atoms with E-state index in [0.717, 1.165) is 18.4 Å². The van der Waals surface area contributed by atoms with Crippen LogP contribution in [0.4, 0.5) is 5.69 Å². The van der Waals surface area contributed by atoms with Gasteiger partial charge in [-0.1, -0.05) is 32.9 Å². The highest BCUT2D eigenvalue weighted by atomic mass is 15.1. The van der Waals surface area contributed by atoms with Crippen LogP contribution in [0.2, 0.25) is 0 Å². The summed E-state index contributed by atoms with van der Waals surface area (Å²) in [5.74, 6) is 1.73. The predicted octanol–water partition coefficient (Wildman–Crippen LogP) is 4.62. The molecule has 21 heavy (non-hydrogen) atoms. The predicted molar refractivity (Wildman–Crippen MR) is 92.9 cm³/mol. The first-order valence-corrected chi connectivity index (χ1v) is 8.70. The summed E-state index contributed by atoms with van der Waals surface area (Å²) < 4.78 is 0. The van der Waals surface area contributed by atoms with Crippen LogP contribution in [-0.2, 0) is 0 Å². The van der Waals surface area contributed by atoms with Crippen molar-refractivity contribution in [2.75, 3.05) is 24.5 Å². The molecule has 0 spiro atoms. The van der Waals surface area contributed by atoms with Gasteiger partial charge < -0.3 is 10.2 Å². The molecule has 1 aromatic rings.